The fourth-order valence-electron chi connectivity index (χ4n) is 1.98. The van der Waals surface area contributed by atoms with E-state index in [0.717, 1.165) is 22.6 Å². The van der Waals surface area contributed by atoms with E-state index in [1.165, 1.54) is 17.4 Å². The summed E-state index contributed by atoms with van der Waals surface area (Å²) in [5.41, 5.74) is 0.0739. The van der Waals surface area contributed by atoms with E-state index < -0.39 is 17.6 Å². The maximum absolute atomic E-state index is 13.2. The van der Waals surface area contributed by atoms with Crippen molar-refractivity contribution in [3.05, 3.63) is 51.5 Å². The standard InChI is InChI=1S/C14H13F4NS/c1-8-5-6-20-13(8)9(2)19-10-3-4-12(15)11(7-10)14(16,17)18/h3-7,9,19H,1-2H3. The smallest absolute Gasteiger partial charge is 0.378 e. The van der Waals surface area contributed by atoms with Crippen molar-refractivity contribution < 1.29 is 17.6 Å². The number of hydrogen-bond acceptors (Lipinski definition) is 2. The van der Waals surface area contributed by atoms with Gasteiger partial charge in [-0.25, -0.2) is 4.39 Å². The van der Waals surface area contributed by atoms with Crippen molar-refractivity contribution in [2.45, 2.75) is 26.1 Å². The lowest BCUT2D eigenvalue weighted by molar-refractivity contribution is -0.139. The molecule has 1 N–H and O–H groups in total. The summed E-state index contributed by atoms with van der Waals surface area (Å²) in [4.78, 5) is 1.04. The highest BCUT2D eigenvalue weighted by atomic mass is 32.1. The quantitative estimate of drug-likeness (QED) is 0.750. The predicted molar refractivity (Wildman–Crippen MR) is 72.5 cm³/mol. The highest BCUT2D eigenvalue weighted by Gasteiger charge is 2.34. The Balaban J connectivity index is 2.25. The lowest BCUT2D eigenvalue weighted by atomic mass is 10.1. The van der Waals surface area contributed by atoms with Crippen molar-refractivity contribution >= 4 is 17.0 Å². The minimum absolute atomic E-state index is 0.137. The molecule has 0 saturated carbocycles. The highest BCUT2D eigenvalue weighted by molar-refractivity contribution is 7.10. The topological polar surface area (TPSA) is 12.0 Å². The number of rotatable bonds is 3. The third-order valence-corrected chi connectivity index (χ3v) is 4.15. The van der Waals surface area contributed by atoms with Gasteiger partial charge in [0.1, 0.15) is 5.82 Å². The number of alkyl halides is 3. The molecule has 0 aliphatic heterocycles. The zero-order valence-electron chi connectivity index (χ0n) is 10.9. The molecule has 0 spiro atoms. The summed E-state index contributed by atoms with van der Waals surface area (Å²) in [6.45, 7) is 3.80. The van der Waals surface area contributed by atoms with Gasteiger partial charge in [-0.2, -0.15) is 13.2 Å². The van der Waals surface area contributed by atoms with Crippen LogP contribution < -0.4 is 5.32 Å². The normalized spacial score (nSPS) is 13.3. The van der Waals surface area contributed by atoms with Crippen LogP contribution >= 0.6 is 11.3 Å². The van der Waals surface area contributed by atoms with Gasteiger partial charge in [-0.1, -0.05) is 0 Å². The van der Waals surface area contributed by atoms with Crippen LogP contribution in [-0.4, -0.2) is 0 Å². The van der Waals surface area contributed by atoms with Crippen molar-refractivity contribution in [3.63, 3.8) is 0 Å². The first kappa shape index (κ1) is 14.8. The highest BCUT2D eigenvalue weighted by Crippen LogP contribution is 2.34. The van der Waals surface area contributed by atoms with Crippen LogP contribution in [0.3, 0.4) is 0 Å². The molecule has 2 rings (SSSR count). The summed E-state index contributed by atoms with van der Waals surface area (Å²) in [7, 11) is 0. The van der Waals surface area contributed by atoms with Gasteiger partial charge in [0.2, 0.25) is 0 Å². The molecule has 1 atom stereocenters. The van der Waals surface area contributed by atoms with Crippen molar-refractivity contribution in [2.75, 3.05) is 5.32 Å². The Labute approximate surface area is 118 Å². The van der Waals surface area contributed by atoms with Crippen molar-refractivity contribution in [2.24, 2.45) is 0 Å². The zero-order valence-corrected chi connectivity index (χ0v) is 11.7. The first-order valence-electron chi connectivity index (χ1n) is 5.96. The molecule has 0 radical (unpaired) electrons. The average molecular weight is 303 g/mol. The first-order chi connectivity index (χ1) is 9.29. The van der Waals surface area contributed by atoms with Crippen LogP contribution in [0.15, 0.2) is 29.6 Å². The van der Waals surface area contributed by atoms with E-state index in [9.17, 15) is 17.6 Å². The minimum Gasteiger partial charge on any atom is -0.378 e. The summed E-state index contributed by atoms with van der Waals surface area (Å²) in [5.74, 6) is -1.26. The van der Waals surface area contributed by atoms with Gasteiger partial charge in [0.15, 0.2) is 0 Å². The number of halogens is 4. The molecule has 0 aliphatic rings. The van der Waals surface area contributed by atoms with E-state index in [-0.39, 0.29) is 11.7 Å². The number of nitrogens with one attached hydrogen (secondary N) is 1. The van der Waals surface area contributed by atoms with E-state index in [1.807, 2.05) is 25.3 Å². The molecular weight excluding hydrogens is 290 g/mol. The van der Waals surface area contributed by atoms with Crippen molar-refractivity contribution in [1.29, 1.82) is 0 Å². The number of anilines is 1. The molecule has 20 heavy (non-hydrogen) atoms. The van der Waals surface area contributed by atoms with E-state index in [1.54, 1.807) is 0 Å². The van der Waals surface area contributed by atoms with Gasteiger partial charge < -0.3 is 5.32 Å². The molecule has 0 bridgehead atoms. The molecule has 108 valence electrons. The Hall–Kier alpha value is -1.56. The number of thiophene rings is 1. The van der Waals surface area contributed by atoms with Crippen LogP contribution in [0, 0.1) is 12.7 Å². The predicted octanol–water partition coefficient (Wildman–Crippen LogP) is 5.39. The summed E-state index contributed by atoms with van der Waals surface area (Å²) >= 11 is 1.53. The van der Waals surface area contributed by atoms with E-state index >= 15 is 0 Å². The second-order valence-electron chi connectivity index (χ2n) is 4.53. The molecule has 1 aromatic carbocycles. The molecule has 1 nitrogen and oxygen atoms in total. The largest absolute Gasteiger partial charge is 0.419 e. The SMILES string of the molecule is Cc1ccsc1C(C)Nc1ccc(F)c(C(F)(F)F)c1. The third kappa shape index (κ3) is 3.12. The van der Waals surface area contributed by atoms with Crippen LogP contribution in [0.1, 0.15) is 29.0 Å². The van der Waals surface area contributed by atoms with E-state index in [2.05, 4.69) is 5.32 Å². The molecule has 1 unspecified atom stereocenters. The van der Waals surface area contributed by atoms with Gasteiger partial charge in [0, 0.05) is 10.6 Å². The fourth-order valence-corrected chi connectivity index (χ4v) is 2.91. The molecule has 0 fully saturated rings. The Morgan fingerprint density at radius 3 is 2.45 bits per heavy atom. The maximum Gasteiger partial charge on any atom is 0.419 e. The van der Waals surface area contributed by atoms with Crippen LogP contribution in [0.2, 0.25) is 0 Å². The fraction of sp³-hybridized carbons (Fsp3) is 0.286. The second-order valence-corrected chi connectivity index (χ2v) is 5.47. The van der Waals surface area contributed by atoms with Gasteiger partial charge in [-0.15, -0.1) is 11.3 Å². The Kier molecular flexibility index (Phi) is 4.04. The van der Waals surface area contributed by atoms with Crippen LogP contribution in [0.25, 0.3) is 0 Å². The van der Waals surface area contributed by atoms with Gasteiger partial charge in [-0.05, 0) is 49.1 Å². The van der Waals surface area contributed by atoms with Crippen LogP contribution in [-0.2, 0) is 6.18 Å². The Bertz CT molecular complexity index is 603. The number of hydrogen-bond donors (Lipinski definition) is 1. The van der Waals surface area contributed by atoms with Crippen LogP contribution in [0.5, 0.6) is 0 Å². The van der Waals surface area contributed by atoms with Gasteiger partial charge in [0.25, 0.3) is 0 Å². The third-order valence-electron chi connectivity index (χ3n) is 2.95. The summed E-state index contributed by atoms with van der Waals surface area (Å²) in [6.07, 6.45) is -4.69. The minimum atomic E-state index is -4.69. The van der Waals surface area contributed by atoms with E-state index in [4.69, 9.17) is 0 Å². The molecule has 0 aliphatic carbocycles. The molecule has 0 saturated heterocycles. The molecule has 6 heteroatoms. The van der Waals surface area contributed by atoms with Gasteiger partial charge in [0.05, 0.1) is 11.6 Å². The second kappa shape index (κ2) is 5.44. The summed E-state index contributed by atoms with van der Waals surface area (Å²) in [5, 5.41) is 4.89. The molecule has 1 aromatic heterocycles. The average Bonchev–Trinajstić information content (AvgIpc) is 2.76. The first-order valence-corrected chi connectivity index (χ1v) is 6.84. The lowest BCUT2D eigenvalue weighted by Gasteiger charge is -2.17. The Morgan fingerprint density at radius 2 is 1.90 bits per heavy atom. The molecular formula is C14H13F4NS. The summed E-state index contributed by atoms with van der Waals surface area (Å²) in [6, 6.07) is 4.75. The van der Waals surface area contributed by atoms with Gasteiger partial charge in [-0.3, -0.25) is 0 Å². The summed E-state index contributed by atoms with van der Waals surface area (Å²) < 4.78 is 51.1. The molecule has 0 amide bonds. The van der Waals surface area contributed by atoms with Crippen molar-refractivity contribution in [3.8, 4) is 0 Å². The number of aryl methyl sites for hydroxylation is 1. The zero-order chi connectivity index (χ0) is 14.9. The molecule has 1 heterocycles. The Morgan fingerprint density at radius 1 is 1.20 bits per heavy atom. The van der Waals surface area contributed by atoms with E-state index in [0.29, 0.717) is 0 Å². The monoisotopic (exact) mass is 303 g/mol. The number of benzene rings is 1. The molecule has 2 aromatic rings. The van der Waals surface area contributed by atoms with Crippen LogP contribution in [0.4, 0.5) is 23.2 Å². The lowest BCUT2D eigenvalue weighted by Crippen LogP contribution is -2.11. The van der Waals surface area contributed by atoms with Gasteiger partial charge >= 0.3 is 6.18 Å². The maximum atomic E-state index is 13.2. The van der Waals surface area contributed by atoms with Crippen molar-refractivity contribution in [1.82, 2.24) is 0 Å².